The normalized spacial score (nSPS) is 32.4. The summed E-state index contributed by atoms with van der Waals surface area (Å²) in [5.74, 6) is 0.166. The van der Waals surface area contributed by atoms with Gasteiger partial charge in [-0.1, -0.05) is 0 Å². The molecule has 0 aromatic rings. The van der Waals surface area contributed by atoms with Gasteiger partial charge in [0.2, 0.25) is 5.91 Å². The van der Waals surface area contributed by atoms with Crippen molar-refractivity contribution < 1.29 is 4.79 Å². The smallest absolute Gasteiger partial charge is 0.240 e. The van der Waals surface area contributed by atoms with Crippen molar-refractivity contribution in [3.05, 3.63) is 0 Å². The van der Waals surface area contributed by atoms with Crippen LogP contribution in [0.1, 0.15) is 26.7 Å². The summed E-state index contributed by atoms with van der Waals surface area (Å²) in [4.78, 5) is 14.2. The molecule has 1 amide bonds. The van der Waals surface area contributed by atoms with Gasteiger partial charge in [-0.15, -0.1) is 0 Å². The molecule has 0 spiro atoms. The summed E-state index contributed by atoms with van der Waals surface area (Å²) in [7, 11) is 0. The number of carbonyl (C=O) groups is 1. The molecule has 2 rings (SSSR count). The van der Waals surface area contributed by atoms with Crippen molar-refractivity contribution >= 4 is 5.91 Å². The summed E-state index contributed by atoms with van der Waals surface area (Å²) in [6, 6.07) is 0.528. The van der Waals surface area contributed by atoms with Crippen molar-refractivity contribution in [3.8, 4) is 0 Å². The average molecular weight is 211 g/mol. The summed E-state index contributed by atoms with van der Waals surface area (Å²) >= 11 is 0. The van der Waals surface area contributed by atoms with Gasteiger partial charge in [0.15, 0.2) is 0 Å². The first-order chi connectivity index (χ1) is 7.12. The fraction of sp³-hybridized carbons (Fsp3) is 0.909. The van der Waals surface area contributed by atoms with E-state index in [-0.39, 0.29) is 11.4 Å². The third-order valence-electron chi connectivity index (χ3n) is 3.62. The molecule has 2 aliphatic heterocycles. The predicted molar refractivity (Wildman–Crippen MR) is 59.7 cm³/mol. The topological polar surface area (TPSA) is 44.4 Å². The maximum absolute atomic E-state index is 11.8. The zero-order chi connectivity index (χ0) is 10.9. The molecule has 15 heavy (non-hydrogen) atoms. The SMILES string of the molecule is CC1(C)C(=O)NCCN1C1CCCNC1. The number of piperidine rings is 1. The second-order valence-electron chi connectivity index (χ2n) is 5.01. The van der Waals surface area contributed by atoms with Crippen LogP contribution in [0.15, 0.2) is 0 Å². The van der Waals surface area contributed by atoms with Crippen LogP contribution < -0.4 is 10.6 Å². The largest absolute Gasteiger partial charge is 0.353 e. The Balaban J connectivity index is 2.08. The van der Waals surface area contributed by atoms with Crippen LogP contribution in [0, 0.1) is 0 Å². The van der Waals surface area contributed by atoms with E-state index in [0.717, 1.165) is 26.2 Å². The Labute approximate surface area is 91.4 Å². The lowest BCUT2D eigenvalue weighted by Gasteiger charge is -2.47. The number of piperazine rings is 1. The Bertz CT molecular complexity index is 246. The first-order valence-electron chi connectivity index (χ1n) is 5.88. The number of rotatable bonds is 1. The number of hydrogen-bond donors (Lipinski definition) is 2. The van der Waals surface area contributed by atoms with E-state index in [0.29, 0.717) is 6.04 Å². The lowest BCUT2D eigenvalue weighted by Crippen LogP contribution is -2.66. The molecule has 2 fully saturated rings. The highest BCUT2D eigenvalue weighted by molar-refractivity contribution is 5.86. The van der Waals surface area contributed by atoms with Crippen LogP contribution in [-0.4, -0.2) is 48.6 Å². The summed E-state index contributed by atoms with van der Waals surface area (Å²) in [5, 5.41) is 6.35. The molecule has 0 aromatic heterocycles. The van der Waals surface area contributed by atoms with Gasteiger partial charge in [0.25, 0.3) is 0 Å². The van der Waals surface area contributed by atoms with Crippen LogP contribution in [0.5, 0.6) is 0 Å². The van der Waals surface area contributed by atoms with Crippen LogP contribution in [0.2, 0.25) is 0 Å². The van der Waals surface area contributed by atoms with Crippen molar-refractivity contribution in [2.45, 2.75) is 38.3 Å². The Morgan fingerprint density at radius 3 is 2.87 bits per heavy atom. The maximum Gasteiger partial charge on any atom is 0.240 e. The van der Waals surface area contributed by atoms with E-state index in [2.05, 4.69) is 15.5 Å². The van der Waals surface area contributed by atoms with E-state index < -0.39 is 0 Å². The monoisotopic (exact) mass is 211 g/mol. The summed E-state index contributed by atoms with van der Waals surface area (Å²) in [6.07, 6.45) is 2.43. The van der Waals surface area contributed by atoms with Crippen molar-refractivity contribution in [2.75, 3.05) is 26.2 Å². The third kappa shape index (κ3) is 2.01. The van der Waals surface area contributed by atoms with Crippen LogP contribution >= 0.6 is 0 Å². The van der Waals surface area contributed by atoms with Gasteiger partial charge in [-0.05, 0) is 33.2 Å². The fourth-order valence-electron chi connectivity index (χ4n) is 2.65. The van der Waals surface area contributed by atoms with Crippen LogP contribution in [0.25, 0.3) is 0 Å². The van der Waals surface area contributed by atoms with Gasteiger partial charge in [-0.25, -0.2) is 0 Å². The van der Waals surface area contributed by atoms with Crippen molar-refractivity contribution in [1.82, 2.24) is 15.5 Å². The van der Waals surface area contributed by atoms with Gasteiger partial charge in [-0.3, -0.25) is 9.69 Å². The predicted octanol–water partition coefficient (Wildman–Crippen LogP) is -0.0512. The van der Waals surface area contributed by atoms with Gasteiger partial charge in [0.1, 0.15) is 0 Å². The van der Waals surface area contributed by atoms with Gasteiger partial charge >= 0.3 is 0 Å². The Morgan fingerprint density at radius 1 is 1.40 bits per heavy atom. The molecule has 4 heteroatoms. The van der Waals surface area contributed by atoms with E-state index in [9.17, 15) is 4.79 Å². The van der Waals surface area contributed by atoms with Gasteiger partial charge in [0.05, 0.1) is 5.54 Å². The minimum absolute atomic E-state index is 0.166. The molecule has 0 aliphatic carbocycles. The molecule has 0 aromatic carbocycles. The summed E-state index contributed by atoms with van der Waals surface area (Å²) in [5.41, 5.74) is -0.345. The van der Waals surface area contributed by atoms with Crippen LogP contribution in [0.3, 0.4) is 0 Å². The van der Waals surface area contributed by atoms with Crippen molar-refractivity contribution in [2.24, 2.45) is 0 Å². The zero-order valence-electron chi connectivity index (χ0n) is 9.68. The molecule has 2 aliphatic rings. The second-order valence-corrected chi connectivity index (χ2v) is 5.01. The van der Waals surface area contributed by atoms with Gasteiger partial charge in [-0.2, -0.15) is 0 Å². The minimum atomic E-state index is -0.345. The fourth-order valence-corrected chi connectivity index (χ4v) is 2.65. The van der Waals surface area contributed by atoms with E-state index in [1.165, 1.54) is 12.8 Å². The van der Waals surface area contributed by atoms with Crippen molar-refractivity contribution in [1.29, 1.82) is 0 Å². The van der Waals surface area contributed by atoms with Gasteiger partial charge in [0, 0.05) is 25.7 Å². The number of nitrogens with zero attached hydrogens (tertiary/aromatic N) is 1. The molecule has 1 unspecified atom stereocenters. The van der Waals surface area contributed by atoms with Crippen LogP contribution in [-0.2, 0) is 4.79 Å². The highest BCUT2D eigenvalue weighted by Gasteiger charge is 2.41. The maximum atomic E-state index is 11.8. The number of amides is 1. The molecular weight excluding hydrogens is 190 g/mol. The van der Waals surface area contributed by atoms with E-state index in [1.54, 1.807) is 0 Å². The highest BCUT2D eigenvalue weighted by Crippen LogP contribution is 2.23. The molecule has 2 saturated heterocycles. The van der Waals surface area contributed by atoms with Crippen LogP contribution in [0.4, 0.5) is 0 Å². The average Bonchev–Trinajstić information content (AvgIpc) is 2.23. The molecule has 0 radical (unpaired) electrons. The third-order valence-corrected chi connectivity index (χ3v) is 3.62. The Morgan fingerprint density at radius 2 is 2.20 bits per heavy atom. The van der Waals surface area contributed by atoms with E-state index >= 15 is 0 Å². The number of carbonyl (C=O) groups excluding carboxylic acids is 1. The summed E-state index contributed by atoms with van der Waals surface area (Å²) in [6.45, 7) is 7.96. The molecule has 86 valence electrons. The molecule has 0 bridgehead atoms. The standard InChI is InChI=1S/C11H21N3O/c1-11(2)10(15)13-6-7-14(11)9-4-3-5-12-8-9/h9,12H,3-8H2,1-2H3,(H,13,15). The minimum Gasteiger partial charge on any atom is -0.353 e. The lowest BCUT2D eigenvalue weighted by molar-refractivity contribution is -0.137. The first-order valence-corrected chi connectivity index (χ1v) is 5.88. The number of hydrogen-bond acceptors (Lipinski definition) is 3. The molecular formula is C11H21N3O. The molecule has 0 saturated carbocycles. The van der Waals surface area contributed by atoms with Crippen molar-refractivity contribution in [3.63, 3.8) is 0 Å². The molecule has 2 N–H and O–H groups in total. The summed E-state index contributed by atoms with van der Waals surface area (Å²) < 4.78 is 0. The molecule has 1 atom stereocenters. The van der Waals surface area contributed by atoms with E-state index in [1.807, 2.05) is 13.8 Å². The van der Waals surface area contributed by atoms with Gasteiger partial charge < -0.3 is 10.6 Å². The number of nitrogens with one attached hydrogen (secondary N) is 2. The van der Waals surface area contributed by atoms with E-state index in [4.69, 9.17) is 0 Å². The highest BCUT2D eigenvalue weighted by atomic mass is 16.2. The molecule has 4 nitrogen and oxygen atoms in total. The first kappa shape index (κ1) is 10.9. The quantitative estimate of drug-likeness (QED) is 0.639. The molecule has 2 heterocycles. The second kappa shape index (κ2) is 4.10. The zero-order valence-corrected chi connectivity index (χ0v) is 9.68. The lowest BCUT2D eigenvalue weighted by atomic mass is 9.93. The Kier molecular flexibility index (Phi) is 2.98. The Hall–Kier alpha value is -0.610.